The molecule has 0 bridgehead atoms. The van der Waals surface area contributed by atoms with E-state index in [9.17, 15) is 9.90 Å². The van der Waals surface area contributed by atoms with Crippen LogP contribution in [0.2, 0.25) is 21.6 Å². The van der Waals surface area contributed by atoms with Crippen molar-refractivity contribution in [2.45, 2.75) is 74.9 Å². The second kappa shape index (κ2) is 14.5. The van der Waals surface area contributed by atoms with Gasteiger partial charge in [0.2, 0.25) is 0 Å². The van der Waals surface area contributed by atoms with Gasteiger partial charge in [-0.1, -0.05) is 114 Å². The van der Waals surface area contributed by atoms with Crippen LogP contribution in [0.1, 0.15) is 68.3 Å². The van der Waals surface area contributed by atoms with E-state index in [2.05, 4.69) is 41.5 Å². The van der Waals surface area contributed by atoms with Gasteiger partial charge < -0.3 is 14.3 Å². The third-order valence-electron chi connectivity index (χ3n) is 7.96. The number of rotatable bonds is 13. The molecule has 0 fully saturated rings. The number of halogens is 1. The standard InChI is InChI=1S/C36H41ClO4SSi/c1-24(2)43(25(3)4,26(5)6)41-30-19-17-28(18-20-30)34(39)35(29-15-11-8-12-16-29)42-36-32(37)21-31(22-33(36)38)40-23-27-13-9-7-10-14-27/h7-22,24-26,35,38H,23H2,1-6H3. The van der Waals surface area contributed by atoms with Crippen molar-refractivity contribution in [2.75, 3.05) is 0 Å². The minimum Gasteiger partial charge on any atom is -0.543 e. The van der Waals surface area contributed by atoms with Crippen LogP contribution < -0.4 is 9.16 Å². The van der Waals surface area contributed by atoms with Crippen molar-refractivity contribution in [2.24, 2.45) is 0 Å². The zero-order valence-electron chi connectivity index (χ0n) is 25.7. The van der Waals surface area contributed by atoms with Crippen molar-refractivity contribution in [1.82, 2.24) is 0 Å². The van der Waals surface area contributed by atoms with Gasteiger partial charge in [-0.3, -0.25) is 4.79 Å². The van der Waals surface area contributed by atoms with E-state index in [4.69, 9.17) is 20.8 Å². The Labute approximate surface area is 266 Å². The van der Waals surface area contributed by atoms with Crippen LogP contribution in [0.5, 0.6) is 17.2 Å². The third kappa shape index (κ3) is 7.67. The maximum Gasteiger partial charge on any atom is 0.258 e. The normalized spacial score (nSPS) is 12.5. The highest BCUT2D eigenvalue weighted by atomic mass is 35.5. The van der Waals surface area contributed by atoms with Crippen LogP contribution in [0, 0.1) is 0 Å². The van der Waals surface area contributed by atoms with E-state index in [0.29, 0.717) is 44.5 Å². The molecular formula is C36H41ClO4SSi. The van der Waals surface area contributed by atoms with E-state index in [-0.39, 0.29) is 11.5 Å². The highest BCUT2D eigenvalue weighted by Gasteiger charge is 2.47. The van der Waals surface area contributed by atoms with Crippen molar-refractivity contribution in [3.63, 3.8) is 0 Å². The number of phenols is 1. The van der Waals surface area contributed by atoms with E-state index in [1.54, 1.807) is 12.1 Å². The molecular weight excluding hydrogens is 592 g/mol. The fourth-order valence-corrected chi connectivity index (χ4v) is 12.6. The second-order valence-electron chi connectivity index (χ2n) is 11.7. The summed E-state index contributed by atoms with van der Waals surface area (Å²) in [6, 6.07) is 30.1. The molecule has 0 heterocycles. The summed E-state index contributed by atoms with van der Waals surface area (Å²) in [5.74, 6) is 1.14. The molecule has 226 valence electrons. The zero-order chi connectivity index (χ0) is 31.1. The first-order valence-electron chi connectivity index (χ1n) is 14.8. The van der Waals surface area contributed by atoms with Gasteiger partial charge >= 0.3 is 0 Å². The molecule has 4 rings (SSSR count). The summed E-state index contributed by atoms with van der Waals surface area (Å²) in [4.78, 5) is 14.4. The molecule has 4 aromatic carbocycles. The number of carbonyl (C=O) groups is 1. The van der Waals surface area contributed by atoms with E-state index >= 15 is 0 Å². The van der Waals surface area contributed by atoms with E-state index in [1.165, 1.54) is 11.8 Å². The van der Waals surface area contributed by atoms with Crippen LogP contribution in [-0.4, -0.2) is 19.2 Å². The van der Waals surface area contributed by atoms with E-state index in [1.807, 2.05) is 84.9 Å². The number of Topliss-reactive ketones (excluding diaryl/α,β-unsaturated/α-hetero) is 1. The number of carbonyl (C=O) groups excluding carboxylic acids is 1. The number of benzene rings is 4. The van der Waals surface area contributed by atoms with Gasteiger partial charge in [0, 0.05) is 17.7 Å². The fraction of sp³-hybridized carbons (Fsp3) is 0.306. The monoisotopic (exact) mass is 632 g/mol. The van der Waals surface area contributed by atoms with Crippen molar-refractivity contribution in [3.8, 4) is 17.2 Å². The summed E-state index contributed by atoms with van der Waals surface area (Å²) in [6.45, 7) is 13.9. The first-order valence-corrected chi connectivity index (χ1v) is 18.2. The number of phenolic OH excluding ortho intramolecular Hbond substituents is 1. The first-order chi connectivity index (χ1) is 20.5. The van der Waals surface area contributed by atoms with Gasteiger partial charge in [0.1, 0.15) is 23.9 Å². The van der Waals surface area contributed by atoms with E-state index in [0.717, 1.165) is 16.9 Å². The molecule has 4 aromatic rings. The molecule has 43 heavy (non-hydrogen) atoms. The Hall–Kier alpha value is -3.19. The summed E-state index contributed by atoms with van der Waals surface area (Å²) >= 11 is 7.91. The molecule has 0 radical (unpaired) electrons. The van der Waals surface area contributed by atoms with Crippen LogP contribution in [-0.2, 0) is 6.61 Å². The number of hydrogen-bond donors (Lipinski definition) is 1. The molecule has 1 atom stereocenters. The maximum atomic E-state index is 14.0. The third-order valence-corrected chi connectivity index (χ3v) is 15.8. The second-order valence-corrected chi connectivity index (χ2v) is 18.6. The Bertz CT molecular complexity index is 1450. The predicted octanol–water partition coefficient (Wildman–Crippen LogP) is 10.9. The molecule has 0 saturated heterocycles. The van der Waals surface area contributed by atoms with Crippen molar-refractivity contribution >= 4 is 37.5 Å². The molecule has 1 N–H and O–H groups in total. The quantitative estimate of drug-likeness (QED) is 0.0902. The summed E-state index contributed by atoms with van der Waals surface area (Å²) in [6.07, 6.45) is 0. The summed E-state index contributed by atoms with van der Waals surface area (Å²) in [7, 11) is -2.12. The fourth-order valence-electron chi connectivity index (χ4n) is 5.91. The van der Waals surface area contributed by atoms with Crippen molar-refractivity contribution in [3.05, 3.63) is 119 Å². The van der Waals surface area contributed by atoms with Gasteiger partial charge in [-0.25, -0.2) is 0 Å². The highest BCUT2D eigenvalue weighted by Crippen LogP contribution is 2.47. The molecule has 0 aromatic heterocycles. The topological polar surface area (TPSA) is 55.8 Å². The molecule has 0 aliphatic heterocycles. The molecule has 0 saturated carbocycles. The Balaban J connectivity index is 1.59. The largest absolute Gasteiger partial charge is 0.543 e. The molecule has 4 nitrogen and oxygen atoms in total. The Morgan fingerprint density at radius 3 is 1.88 bits per heavy atom. The maximum absolute atomic E-state index is 14.0. The van der Waals surface area contributed by atoms with Gasteiger partial charge in [-0.05, 0) is 52.0 Å². The number of ketones is 1. The summed E-state index contributed by atoms with van der Waals surface area (Å²) < 4.78 is 12.7. The van der Waals surface area contributed by atoms with Gasteiger partial charge in [0.05, 0.1) is 15.2 Å². The molecule has 0 aliphatic rings. The van der Waals surface area contributed by atoms with Crippen LogP contribution >= 0.6 is 23.4 Å². The van der Waals surface area contributed by atoms with Gasteiger partial charge in [0.25, 0.3) is 8.32 Å². The Morgan fingerprint density at radius 1 is 0.791 bits per heavy atom. The summed E-state index contributed by atoms with van der Waals surface area (Å²) in [5, 5.41) is 10.7. The Morgan fingerprint density at radius 2 is 1.35 bits per heavy atom. The first kappa shape index (κ1) is 32.7. The highest BCUT2D eigenvalue weighted by molar-refractivity contribution is 8.00. The van der Waals surface area contributed by atoms with Crippen molar-refractivity contribution in [1.29, 1.82) is 0 Å². The average molecular weight is 633 g/mol. The van der Waals surface area contributed by atoms with E-state index < -0.39 is 13.6 Å². The minimum absolute atomic E-state index is 0.0320. The molecule has 0 aliphatic carbocycles. The predicted molar refractivity (Wildman–Crippen MR) is 181 cm³/mol. The lowest BCUT2D eigenvalue weighted by Gasteiger charge is -2.42. The number of hydrogen-bond acceptors (Lipinski definition) is 5. The molecule has 0 spiro atoms. The van der Waals surface area contributed by atoms with Crippen molar-refractivity contribution < 1.29 is 19.1 Å². The lowest BCUT2D eigenvalue weighted by molar-refractivity contribution is 0.0989. The number of aromatic hydroxyl groups is 1. The minimum atomic E-state index is -2.12. The van der Waals surface area contributed by atoms with Gasteiger partial charge in [-0.15, -0.1) is 11.8 Å². The summed E-state index contributed by atoms with van der Waals surface area (Å²) in [5.41, 5.74) is 3.73. The Kier molecular flexibility index (Phi) is 11.0. The molecule has 7 heteroatoms. The van der Waals surface area contributed by atoms with Crippen LogP contribution in [0.3, 0.4) is 0 Å². The average Bonchev–Trinajstić information content (AvgIpc) is 2.99. The van der Waals surface area contributed by atoms with Gasteiger partial charge in [0.15, 0.2) is 5.78 Å². The number of thioether (sulfide) groups is 1. The van der Waals surface area contributed by atoms with Crippen LogP contribution in [0.4, 0.5) is 0 Å². The van der Waals surface area contributed by atoms with Gasteiger partial charge in [-0.2, -0.15) is 0 Å². The SMILES string of the molecule is CC(C)[Si](Oc1ccc(C(=O)C(Sc2c(O)cc(OCc3ccccc3)cc2Cl)c2ccccc2)cc1)(C(C)C)C(C)C. The molecule has 1 unspecified atom stereocenters. The zero-order valence-corrected chi connectivity index (χ0v) is 28.3. The van der Waals surface area contributed by atoms with Crippen LogP contribution in [0.25, 0.3) is 0 Å². The lowest BCUT2D eigenvalue weighted by atomic mass is 10.0. The number of ether oxygens (including phenoxy) is 1. The lowest BCUT2D eigenvalue weighted by Crippen LogP contribution is -2.50. The van der Waals surface area contributed by atoms with Crippen LogP contribution in [0.15, 0.2) is 102 Å². The molecule has 0 amide bonds. The smallest absolute Gasteiger partial charge is 0.258 e.